The summed E-state index contributed by atoms with van der Waals surface area (Å²) in [7, 11) is 1.64. The predicted molar refractivity (Wildman–Crippen MR) is 154 cm³/mol. The van der Waals surface area contributed by atoms with Gasteiger partial charge in [-0.1, -0.05) is 36.3 Å². The van der Waals surface area contributed by atoms with Crippen LogP contribution in [-0.4, -0.2) is 76.9 Å². The number of hydrogen-bond acceptors (Lipinski definition) is 7. The molecular formula is C29H36N6O6. The van der Waals surface area contributed by atoms with E-state index in [9.17, 15) is 19.5 Å². The molecule has 0 bridgehead atoms. The Morgan fingerprint density at radius 3 is 2.51 bits per heavy atom. The maximum Gasteiger partial charge on any atom is 0.323 e. The zero-order valence-electron chi connectivity index (χ0n) is 23.8. The highest BCUT2D eigenvalue weighted by atomic mass is 16.5. The van der Waals surface area contributed by atoms with Gasteiger partial charge >= 0.3 is 12.1 Å². The van der Waals surface area contributed by atoms with E-state index < -0.39 is 18.2 Å². The fourth-order valence-corrected chi connectivity index (χ4v) is 4.58. The highest BCUT2D eigenvalue weighted by Crippen LogP contribution is 2.35. The lowest BCUT2D eigenvalue weighted by Crippen LogP contribution is -2.50. The molecule has 0 radical (unpaired) electrons. The van der Waals surface area contributed by atoms with Crippen LogP contribution in [0.2, 0.25) is 0 Å². The van der Waals surface area contributed by atoms with Crippen LogP contribution in [-0.2, 0) is 0 Å². The summed E-state index contributed by atoms with van der Waals surface area (Å²) in [5.74, 6) is 0.0995. The number of carbonyl (C=O) groups excluding carboxylic acids is 3. The van der Waals surface area contributed by atoms with Crippen LogP contribution in [0.25, 0.3) is 0 Å². The van der Waals surface area contributed by atoms with Crippen molar-refractivity contribution in [1.29, 1.82) is 0 Å². The number of nitrogens with zero attached hydrogens (tertiary/aromatic N) is 3. The van der Waals surface area contributed by atoms with Gasteiger partial charge in [0, 0.05) is 25.2 Å². The summed E-state index contributed by atoms with van der Waals surface area (Å²) in [6.07, 6.45) is -0.573. The minimum Gasteiger partial charge on any atom is -0.485 e. The van der Waals surface area contributed by atoms with Gasteiger partial charge in [-0.3, -0.25) is 4.79 Å². The maximum absolute atomic E-state index is 13.7. The summed E-state index contributed by atoms with van der Waals surface area (Å²) >= 11 is 0. The molecule has 2 heterocycles. The second-order valence-corrected chi connectivity index (χ2v) is 10.3. The zero-order chi connectivity index (χ0) is 29.7. The van der Waals surface area contributed by atoms with E-state index in [-0.39, 0.29) is 48.9 Å². The van der Waals surface area contributed by atoms with Crippen LogP contribution in [0.1, 0.15) is 35.7 Å². The molecule has 1 aromatic heterocycles. The Kier molecular flexibility index (Phi) is 9.13. The largest absolute Gasteiger partial charge is 0.485 e. The molecule has 2 aromatic carbocycles. The average molecular weight is 565 g/mol. The number of carbonyl (C=O) groups is 3. The Morgan fingerprint density at radius 1 is 1.12 bits per heavy atom. The van der Waals surface area contributed by atoms with Gasteiger partial charge in [-0.25, -0.2) is 9.59 Å². The molecule has 0 fully saturated rings. The summed E-state index contributed by atoms with van der Waals surface area (Å²) < 4.78 is 11.6. The highest BCUT2D eigenvalue weighted by molar-refractivity contribution is 6.04. The number of urea groups is 2. The molecule has 0 aliphatic carbocycles. The third kappa shape index (κ3) is 6.77. The monoisotopic (exact) mass is 564 g/mol. The van der Waals surface area contributed by atoms with Gasteiger partial charge < -0.3 is 40.1 Å². The molecule has 4 rings (SSSR count). The first-order valence-electron chi connectivity index (χ1n) is 13.4. The number of para-hydroxylation sites is 2. The highest BCUT2D eigenvalue weighted by Gasteiger charge is 2.35. The first-order chi connectivity index (χ1) is 19.6. The third-order valence-electron chi connectivity index (χ3n) is 7.04. The fraction of sp³-hybridized carbons (Fsp3) is 0.379. The first kappa shape index (κ1) is 29.4. The number of aliphatic hydroxyl groups is 1. The van der Waals surface area contributed by atoms with Crippen LogP contribution in [0.4, 0.5) is 26.7 Å². The van der Waals surface area contributed by atoms with Crippen LogP contribution < -0.4 is 20.7 Å². The van der Waals surface area contributed by atoms with Gasteiger partial charge in [0.25, 0.3) is 5.91 Å². The minimum atomic E-state index is -0.573. The Bertz CT molecular complexity index is 1370. The van der Waals surface area contributed by atoms with Crippen LogP contribution in [0.5, 0.6) is 5.75 Å². The van der Waals surface area contributed by atoms with E-state index >= 15 is 0 Å². The van der Waals surface area contributed by atoms with E-state index in [0.717, 1.165) is 0 Å². The molecule has 0 unspecified atom stereocenters. The normalized spacial score (nSPS) is 17.4. The van der Waals surface area contributed by atoms with Crippen molar-refractivity contribution < 1.29 is 28.8 Å². The van der Waals surface area contributed by atoms with Gasteiger partial charge in [-0.15, -0.1) is 0 Å². The van der Waals surface area contributed by atoms with Crippen LogP contribution in [0, 0.1) is 19.8 Å². The summed E-state index contributed by atoms with van der Waals surface area (Å²) in [6, 6.07) is 12.5. The van der Waals surface area contributed by atoms with Crippen molar-refractivity contribution >= 4 is 35.0 Å². The number of fused-ring (bicyclic) bond motifs is 1. The van der Waals surface area contributed by atoms with Gasteiger partial charge in [0.1, 0.15) is 17.5 Å². The van der Waals surface area contributed by atoms with Crippen LogP contribution >= 0.6 is 0 Å². The SMILES string of the molecule is Cc1noc(C)c1NC(=O)N(C)C[C@@H]1Oc2c(NC(=O)Nc3ccccc3)cccc2C(=O)N([C@H](C)CO)C[C@H]1C. The molecule has 0 saturated carbocycles. The fourth-order valence-electron chi connectivity index (χ4n) is 4.58. The Hall–Kier alpha value is -4.58. The molecule has 12 heteroatoms. The van der Waals surface area contributed by atoms with Crippen molar-refractivity contribution in [2.75, 3.05) is 42.7 Å². The standard InChI is InChI=1S/C29H36N6O6/c1-17-14-35(18(2)16-36)27(37)22-12-9-13-23(31-28(38)30-21-10-7-6-8-11-21)26(22)40-24(17)15-34(5)29(39)32-25-19(3)33-41-20(25)4/h6-13,17-18,24,36H,14-16H2,1-5H3,(H,32,39)(H2,30,31,38)/t17-,18-,24+/m1/s1. The molecule has 1 aliphatic rings. The van der Waals surface area contributed by atoms with Gasteiger partial charge in [0.15, 0.2) is 11.5 Å². The number of likely N-dealkylation sites (N-methyl/N-ethyl adjacent to an activating group) is 1. The number of anilines is 3. The molecule has 0 spiro atoms. The van der Waals surface area contributed by atoms with Crippen molar-refractivity contribution in [3.63, 3.8) is 0 Å². The van der Waals surface area contributed by atoms with Gasteiger partial charge in [0.2, 0.25) is 0 Å². The smallest absolute Gasteiger partial charge is 0.323 e. The van der Waals surface area contributed by atoms with Crippen molar-refractivity contribution in [3.8, 4) is 5.75 Å². The van der Waals surface area contributed by atoms with E-state index in [4.69, 9.17) is 9.26 Å². The zero-order valence-corrected chi connectivity index (χ0v) is 23.8. The molecule has 1 aliphatic heterocycles. The lowest BCUT2D eigenvalue weighted by Gasteiger charge is -2.38. The quantitative estimate of drug-likeness (QED) is 0.334. The second kappa shape index (κ2) is 12.7. The molecule has 0 saturated heterocycles. The number of ether oxygens (including phenoxy) is 1. The van der Waals surface area contributed by atoms with Crippen molar-refractivity contribution in [3.05, 3.63) is 65.5 Å². The minimum absolute atomic E-state index is 0.163. The van der Waals surface area contributed by atoms with Crippen LogP contribution in [0.3, 0.4) is 0 Å². The number of nitrogens with one attached hydrogen (secondary N) is 3. The summed E-state index contributed by atoms with van der Waals surface area (Å²) in [5, 5.41) is 22.2. The average Bonchev–Trinajstić information content (AvgIpc) is 3.27. The Balaban J connectivity index is 1.63. The molecular weight excluding hydrogens is 528 g/mol. The molecule has 3 atom stereocenters. The molecule has 218 valence electrons. The van der Waals surface area contributed by atoms with Crippen molar-refractivity contribution in [2.24, 2.45) is 5.92 Å². The summed E-state index contributed by atoms with van der Waals surface area (Å²) in [5.41, 5.74) is 2.19. The number of amides is 5. The van der Waals surface area contributed by atoms with E-state index in [1.165, 1.54) is 4.90 Å². The van der Waals surface area contributed by atoms with E-state index in [1.807, 2.05) is 13.0 Å². The molecule has 12 nitrogen and oxygen atoms in total. The third-order valence-corrected chi connectivity index (χ3v) is 7.04. The number of hydrogen-bond donors (Lipinski definition) is 4. The number of aryl methyl sites for hydroxylation is 2. The summed E-state index contributed by atoms with van der Waals surface area (Å²) in [4.78, 5) is 42.7. The van der Waals surface area contributed by atoms with Gasteiger partial charge in [-0.2, -0.15) is 0 Å². The van der Waals surface area contributed by atoms with Crippen molar-refractivity contribution in [1.82, 2.24) is 15.0 Å². The lowest BCUT2D eigenvalue weighted by atomic mass is 9.99. The number of aromatic nitrogens is 1. The number of aliphatic hydroxyl groups excluding tert-OH is 1. The number of benzene rings is 2. The van der Waals surface area contributed by atoms with E-state index in [0.29, 0.717) is 28.5 Å². The number of rotatable bonds is 7. The van der Waals surface area contributed by atoms with E-state index in [1.54, 1.807) is 75.2 Å². The van der Waals surface area contributed by atoms with Crippen molar-refractivity contribution in [2.45, 2.75) is 39.8 Å². The van der Waals surface area contributed by atoms with E-state index in [2.05, 4.69) is 21.1 Å². The molecule has 5 amide bonds. The molecule has 41 heavy (non-hydrogen) atoms. The Labute approximate surface area is 238 Å². The van der Waals surface area contributed by atoms with Gasteiger partial charge in [-0.05, 0) is 45.0 Å². The second-order valence-electron chi connectivity index (χ2n) is 10.3. The predicted octanol–water partition coefficient (Wildman–Crippen LogP) is 4.32. The lowest BCUT2D eigenvalue weighted by molar-refractivity contribution is 0.0373. The first-order valence-corrected chi connectivity index (χ1v) is 13.4. The topological polar surface area (TPSA) is 149 Å². The molecule has 4 N–H and O–H groups in total. The Morgan fingerprint density at radius 2 is 1.85 bits per heavy atom. The van der Waals surface area contributed by atoms with Gasteiger partial charge in [0.05, 0.1) is 30.4 Å². The molecule has 3 aromatic rings. The van der Waals surface area contributed by atoms with Crippen LogP contribution in [0.15, 0.2) is 53.1 Å². The summed E-state index contributed by atoms with van der Waals surface area (Å²) in [6.45, 7) is 7.35. The maximum atomic E-state index is 13.7.